The van der Waals surface area contributed by atoms with Crippen molar-refractivity contribution in [3.05, 3.63) is 83.6 Å². The van der Waals surface area contributed by atoms with Crippen LogP contribution in [0.25, 0.3) is 22.2 Å². The van der Waals surface area contributed by atoms with Gasteiger partial charge in [-0.2, -0.15) is 0 Å². The number of amides is 1. The second-order valence-electron chi connectivity index (χ2n) is 9.48. The standard InChI is InChI=1S/C27H28N6O3/c1-17-13-20(7-8-21(17)26(34)31-36-16-27(2,3)35)23-10-11-24-25(29-23)33(32-30-24)15-18-6-9-22-19(14-18)5-4-12-28-22/h4-14,30,32,35H,15-16H2,1-3H3,(H,31,34). The molecule has 1 amide bonds. The molecule has 36 heavy (non-hydrogen) atoms. The first-order valence-electron chi connectivity index (χ1n) is 11.7. The molecule has 0 bridgehead atoms. The number of aromatic nitrogens is 2. The maximum absolute atomic E-state index is 12.5. The van der Waals surface area contributed by atoms with Crippen LogP contribution in [0.1, 0.15) is 35.3 Å². The number of hydrogen-bond donors (Lipinski definition) is 4. The minimum absolute atomic E-state index is 0.0103. The van der Waals surface area contributed by atoms with Crippen molar-refractivity contribution >= 4 is 28.3 Å². The van der Waals surface area contributed by atoms with Crippen molar-refractivity contribution in [2.75, 3.05) is 17.0 Å². The second kappa shape index (κ2) is 9.54. The van der Waals surface area contributed by atoms with Crippen LogP contribution in [0.3, 0.4) is 0 Å². The summed E-state index contributed by atoms with van der Waals surface area (Å²) in [6, 6.07) is 19.7. The molecule has 3 heterocycles. The smallest absolute Gasteiger partial charge is 0.275 e. The molecular formula is C27H28N6O3. The number of nitrogens with zero attached hydrogens (tertiary/aromatic N) is 3. The fourth-order valence-electron chi connectivity index (χ4n) is 4.02. The summed E-state index contributed by atoms with van der Waals surface area (Å²) < 4.78 is 0. The molecule has 0 saturated carbocycles. The lowest BCUT2D eigenvalue weighted by atomic mass is 10.0. The summed E-state index contributed by atoms with van der Waals surface area (Å²) in [5, 5.41) is 12.8. The zero-order valence-corrected chi connectivity index (χ0v) is 20.4. The normalized spacial score (nSPS) is 12.9. The molecule has 0 saturated heterocycles. The van der Waals surface area contributed by atoms with Gasteiger partial charge in [0.25, 0.3) is 5.91 Å². The van der Waals surface area contributed by atoms with E-state index in [9.17, 15) is 9.90 Å². The number of carbonyl (C=O) groups is 1. The molecule has 1 aliphatic heterocycles. The van der Waals surface area contributed by atoms with Gasteiger partial charge in [-0.1, -0.05) is 18.2 Å². The fraction of sp³-hybridized carbons (Fsp3) is 0.222. The zero-order valence-electron chi connectivity index (χ0n) is 20.4. The quantitative estimate of drug-likeness (QED) is 0.293. The van der Waals surface area contributed by atoms with Crippen LogP contribution < -0.4 is 21.4 Å². The summed E-state index contributed by atoms with van der Waals surface area (Å²) in [6.07, 6.45) is 1.79. The molecule has 2 aromatic carbocycles. The largest absolute Gasteiger partial charge is 0.388 e. The van der Waals surface area contributed by atoms with E-state index in [2.05, 4.69) is 39.6 Å². The monoisotopic (exact) mass is 484 g/mol. The Bertz CT molecular complexity index is 1430. The Kier molecular flexibility index (Phi) is 6.27. The van der Waals surface area contributed by atoms with E-state index in [0.29, 0.717) is 12.1 Å². The molecule has 1 aliphatic rings. The van der Waals surface area contributed by atoms with E-state index in [4.69, 9.17) is 9.82 Å². The Morgan fingerprint density at radius 3 is 2.81 bits per heavy atom. The molecule has 0 atom stereocenters. The molecule has 4 N–H and O–H groups in total. The first kappa shape index (κ1) is 23.7. The van der Waals surface area contributed by atoms with Crippen LogP contribution in [-0.4, -0.2) is 33.2 Å². The van der Waals surface area contributed by atoms with E-state index < -0.39 is 5.60 Å². The van der Waals surface area contributed by atoms with Gasteiger partial charge in [-0.05, 0) is 74.4 Å². The highest BCUT2D eigenvalue weighted by atomic mass is 16.7. The molecule has 0 aliphatic carbocycles. The van der Waals surface area contributed by atoms with Crippen molar-refractivity contribution in [3.63, 3.8) is 0 Å². The van der Waals surface area contributed by atoms with E-state index in [0.717, 1.165) is 44.8 Å². The van der Waals surface area contributed by atoms with Crippen LogP contribution in [0.2, 0.25) is 0 Å². The van der Waals surface area contributed by atoms with Crippen molar-refractivity contribution in [2.45, 2.75) is 32.9 Å². The van der Waals surface area contributed by atoms with Crippen LogP contribution in [0, 0.1) is 6.92 Å². The lowest BCUT2D eigenvalue weighted by Crippen LogP contribution is -2.35. The summed E-state index contributed by atoms with van der Waals surface area (Å²) >= 11 is 0. The maximum atomic E-state index is 12.5. The Morgan fingerprint density at radius 2 is 2.00 bits per heavy atom. The fourth-order valence-corrected chi connectivity index (χ4v) is 4.02. The van der Waals surface area contributed by atoms with Gasteiger partial charge in [0.15, 0.2) is 5.82 Å². The SMILES string of the molecule is Cc1cc(-c2ccc3c(n2)N(Cc2ccc4ncccc4c2)NN3)ccc1C(=O)NOCC(C)(C)O. The van der Waals surface area contributed by atoms with E-state index in [1.54, 1.807) is 26.1 Å². The summed E-state index contributed by atoms with van der Waals surface area (Å²) in [4.78, 5) is 26.9. The number of hydroxylamine groups is 1. The topological polar surface area (TPSA) is 112 Å². The lowest BCUT2D eigenvalue weighted by molar-refractivity contribution is -0.0522. The molecule has 5 rings (SSSR count). The highest BCUT2D eigenvalue weighted by Crippen LogP contribution is 2.32. The van der Waals surface area contributed by atoms with Crippen molar-refractivity contribution in [1.82, 2.24) is 21.0 Å². The van der Waals surface area contributed by atoms with Crippen LogP contribution in [-0.2, 0) is 11.4 Å². The van der Waals surface area contributed by atoms with Gasteiger partial charge in [0.2, 0.25) is 0 Å². The van der Waals surface area contributed by atoms with Crippen molar-refractivity contribution < 1.29 is 14.7 Å². The molecule has 9 heteroatoms. The van der Waals surface area contributed by atoms with E-state index >= 15 is 0 Å². The Labute approximate surface area is 209 Å². The van der Waals surface area contributed by atoms with Gasteiger partial charge in [-0.25, -0.2) is 10.5 Å². The average Bonchev–Trinajstić information content (AvgIpc) is 3.25. The van der Waals surface area contributed by atoms with Crippen molar-refractivity contribution in [3.8, 4) is 11.3 Å². The molecule has 4 aromatic rings. The van der Waals surface area contributed by atoms with Crippen LogP contribution >= 0.6 is 0 Å². The minimum Gasteiger partial charge on any atom is -0.388 e. The lowest BCUT2D eigenvalue weighted by Gasteiger charge is -2.18. The van der Waals surface area contributed by atoms with Gasteiger partial charge in [0, 0.05) is 22.7 Å². The number of carbonyl (C=O) groups excluding carboxylic acids is 1. The molecule has 0 radical (unpaired) electrons. The van der Waals surface area contributed by atoms with Crippen molar-refractivity contribution in [1.29, 1.82) is 0 Å². The minimum atomic E-state index is -1.03. The first-order chi connectivity index (χ1) is 17.3. The van der Waals surface area contributed by atoms with E-state index in [-0.39, 0.29) is 12.5 Å². The van der Waals surface area contributed by atoms with Gasteiger partial charge in [0.1, 0.15) is 6.61 Å². The molecule has 0 fully saturated rings. The van der Waals surface area contributed by atoms with Crippen molar-refractivity contribution in [2.24, 2.45) is 0 Å². The Hall–Kier alpha value is -4.05. The number of hydrogen-bond acceptors (Lipinski definition) is 8. The highest BCUT2D eigenvalue weighted by molar-refractivity contribution is 5.95. The molecule has 0 spiro atoms. The molecule has 2 aromatic heterocycles. The van der Waals surface area contributed by atoms with Gasteiger partial charge >= 0.3 is 0 Å². The Morgan fingerprint density at radius 1 is 1.14 bits per heavy atom. The van der Waals surface area contributed by atoms with Gasteiger partial charge in [0.05, 0.1) is 29.0 Å². The van der Waals surface area contributed by atoms with E-state index in [1.807, 2.05) is 48.3 Å². The number of aryl methyl sites for hydroxylation is 1. The number of pyridine rings is 2. The predicted octanol–water partition coefficient (Wildman–Crippen LogP) is 3.89. The number of anilines is 2. The predicted molar refractivity (Wildman–Crippen MR) is 139 cm³/mol. The maximum Gasteiger partial charge on any atom is 0.275 e. The summed E-state index contributed by atoms with van der Waals surface area (Å²) in [5.74, 6) is 0.425. The number of fused-ring (bicyclic) bond motifs is 2. The summed E-state index contributed by atoms with van der Waals surface area (Å²) in [7, 11) is 0. The number of rotatable bonds is 7. The first-order valence-corrected chi connectivity index (χ1v) is 11.7. The summed E-state index contributed by atoms with van der Waals surface area (Å²) in [5.41, 5.74) is 13.7. The van der Waals surface area contributed by atoms with Crippen LogP contribution in [0.15, 0.2) is 66.9 Å². The highest BCUT2D eigenvalue weighted by Gasteiger charge is 2.22. The third kappa shape index (κ3) is 5.13. The number of nitrogens with one attached hydrogen (secondary N) is 3. The molecule has 9 nitrogen and oxygen atoms in total. The van der Waals surface area contributed by atoms with Gasteiger partial charge in [-0.3, -0.25) is 19.6 Å². The number of aliphatic hydroxyl groups is 1. The third-order valence-corrected chi connectivity index (χ3v) is 5.82. The van der Waals surface area contributed by atoms with E-state index in [1.165, 1.54) is 0 Å². The third-order valence-electron chi connectivity index (χ3n) is 5.82. The number of benzene rings is 2. The molecule has 184 valence electrons. The second-order valence-corrected chi connectivity index (χ2v) is 9.48. The zero-order chi connectivity index (χ0) is 25.3. The average molecular weight is 485 g/mol. The molecular weight excluding hydrogens is 456 g/mol. The van der Waals surface area contributed by atoms with Crippen LogP contribution in [0.4, 0.5) is 11.5 Å². The van der Waals surface area contributed by atoms with Gasteiger partial charge in [-0.15, -0.1) is 5.53 Å². The van der Waals surface area contributed by atoms with Crippen LogP contribution in [0.5, 0.6) is 0 Å². The summed E-state index contributed by atoms with van der Waals surface area (Å²) in [6.45, 7) is 5.68. The number of hydrazine groups is 2. The molecule has 0 unspecified atom stereocenters. The Balaban J connectivity index is 1.33. The van der Waals surface area contributed by atoms with Gasteiger partial charge < -0.3 is 10.5 Å².